The predicted molar refractivity (Wildman–Crippen MR) is 50.6 cm³/mol. The van der Waals surface area contributed by atoms with E-state index in [9.17, 15) is 9.00 Å². The molecule has 0 aliphatic carbocycles. The smallest absolute Gasteiger partial charge is 0.232 e. The van der Waals surface area contributed by atoms with Crippen molar-refractivity contribution >= 4 is 16.7 Å². The van der Waals surface area contributed by atoms with Crippen molar-refractivity contribution in [2.75, 3.05) is 6.61 Å². The Morgan fingerprint density at radius 3 is 2.69 bits per heavy atom. The lowest BCUT2D eigenvalue weighted by molar-refractivity contribution is -0.117. The van der Waals surface area contributed by atoms with Gasteiger partial charge in [0.05, 0.1) is 11.4 Å². The van der Waals surface area contributed by atoms with E-state index in [1.54, 1.807) is 6.92 Å². The van der Waals surface area contributed by atoms with Gasteiger partial charge in [-0.25, -0.2) is 0 Å². The lowest BCUT2D eigenvalue weighted by Crippen LogP contribution is -2.37. The molecule has 4 atom stereocenters. The van der Waals surface area contributed by atoms with Gasteiger partial charge in [-0.1, -0.05) is 0 Å². The van der Waals surface area contributed by atoms with Crippen molar-refractivity contribution in [3.05, 3.63) is 0 Å². The van der Waals surface area contributed by atoms with Crippen molar-refractivity contribution in [3.63, 3.8) is 0 Å². The van der Waals surface area contributed by atoms with Crippen LogP contribution in [0, 0.1) is 0 Å². The van der Waals surface area contributed by atoms with Gasteiger partial charge < -0.3 is 10.5 Å². The van der Waals surface area contributed by atoms with Crippen LogP contribution >= 0.6 is 0 Å². The highest BCUT2D eigenvalue weighted by Gasteiger charge is 2.33. The summed E-state index contributed by atoms with van der Waals surface area (Å²) in [5, 5.41) is -0.614. The van der Waals surface area contributed by atoms with E-state index < -0.39 is 22.0 Å². The number of primary amides is 1. The fourth-order valence-corrected chi connectivity index (χ4v) is 2.93. The van der Waals surface area contributed by atoms with Crippen LogP contribution in [0.15, 0.2) is 0 Å². The zero-order valence-electron chi connectivity index (χ0n) is 7.86. The second-order valence-electron chi connectivity index (χ2n) is 3.28. The number of ether oxygens (including phenoxy) is 1. The summed E-state index contributed by atoms with van der Waals surface area (Å²) in [6.07, 6.45) is 0.730. The Kier molecular flexibility index (Phi) is 3.44. The largest absolute Gasteiger partial charge is 0.377 e. The number of amides is 1. The Morgan fingerprint density at radius 1 is 1.69 bits per heavy atom. The third-order valence-electron chi connectivity index (χ3n) is 2.35. The van der Waals surface area contributed by atoms with Crippen LogP contribution in [0.25, 0.3) is 0 Å². The first-order chi connectivity index (χ1) is 6.04. The van der Waals surface area contributed by atoms with Gasteiger partial charge in [-0.2, -0.15) is 0 Å². The minimum absolute atomic E-state index is 0.0253. The van der Waals surface area contributed by atoms with E-state index in [4.69, 9.17) is 10.5 Å². The molecule has 1 saturated heterocycles. The summed E-state index contributed by atoms with van der Waals surface area (Å²) in [4.78, 5) is 10.8. The Labute approximate surface area is 80.3 Å². The van der Waals surface area contributed by atoms with Crippen LogP contribution in [0.3, 0.4) is 0 Å². The highest BCUT2D eigenvalue weighted by Crippen LogP contribution is 2.20. The molecule has 0 bridgehead atoms. The first-order valence-electron chi connectivity index (χ1n) is 4.34. The SMILES string of the molecule is CC1OCCC1S(=O)C(C)C(N)=O. The third kappa shape index (κ3) is 2.28. The van der Waals surface area contributed by atoms with Crippen LogP contribution in [0.1, 0.15) is 20.3 Å². The Hall–Kier alpha value is -0.420. The molecule has 0 spiro atoms. The first-order valence-corrected chi connectivity index (χ1v) is 5.62. The van der Waals surface area contributed by atoms with E-state index in [1.165, 1.54) is 0 Å². The van der Waals surface area contributed by atoms with E-state index in [0.717, 1.165) is 6.42 Å². The summed E-state index contributed by atoms with van der Waals surface area (Å²) in [7, 11) is -1.20. The van der Waals surface area contributed by atoms with E-state index >= 15 is 0 Å². The predicted octanol–water partition coefficient (Wildman–Crippen LogP) is -0.214. The molecule has 1 aliphatic rings. The summed E-state index contributed by atoms with van der Waals surface area (Å²) in [5.74, 6) is -0.502. The second-order valence-corrected chi connectivity index (χ2v) is 5.25. The standard InChI is InChI=1S/C8H15NO3S/c1-5-7(3-4-12-5)13(11)6(2)8(9)10/h5-7H,3-4H2,1-2H3,(H2,9,10). The Balaban J connectivity index is 2.61. The maximum absolute atomic E-state index is 11.7. The van der Waals surface area contributed by atoms with Gasteiger partial charge in [-0.15, -0.1) is 0 Å². The zero-order chi connectivity index (χ0) is 10.0. The summed E-state index contributed by atoms with van der Waals surface area (Å²) in [5.41, 5.74) is 5.08. The maximum Gasteiger partial charge on any atom is 0.232 e. The van der Waals surface area contributed by atoms with E-state index in [2.05, 4.69) is 0 Å². The molecule has 4 unspecified atom stereocenters. The quantitative estimate of drug-likeness (QED) is 0.693. The average Bonchev–Trinajstić information content (AvgIpc) is 2.48. The Bertz CT molecular complexity index is 231. The molecule has 1 aliphatic heterocycles. The lowest BCUT2D eigenvalue weighted by atomic mass is 10.3. The topological polar surface area (TPSA) is 69.4 Å². The molecule has 2 N–H and O–H groups in total. The minimum atomic E-state index is -1.20. The molecule has 76 valence electrons. The summed E-state index contributed by atoms with van der Waals surface area (Å²) in [6, 6.07) is 0. The highest BCUT2D eigenvalue weighted by atomic mass is 32.2. The minimum Gasteiger partial charge on any atom is -0.377 e. The monoisotopic (exact) mass is 205 g/mol. The number of carbonyl (C=O) groups excluding carboxylic acids is 1. The molecule has 1 heterocycles. The molecule has 0 saturated carbocycles. The van der Waals surface area contributed by atoms with Crippen molar-refractivity contribution in [1.82, 2.24) is 0 Å². The molecule has 5 heteroatoms. The molecule has 1 rings (SSSR count). The maximum atomic E-state index is 11.7. The summed E-state index contributed by atoms with van der Waals surface area (Å²) in [6.45, 7) is 4.11. The van der Waals surface area contributed by atoms with Gasteiger partial charge in [0.1, 0.15) is 5.25 Å². The molecular formula is C8H15NO3S. The number of carbonyl (C=O) groups is 1. The van der Waals surface area contributed by atoms with Crippen molar-refractivity contribution in [3.8, 4) is 0 Å². The number of rotatable bonds is 3. The molecule has 0 aromatic rings. The van der Waals surface area contributed by atoms with Crippen molar-refractivity contribution in [2.45, 2.75) is 36.9 Å². The average molecular weight is 205 g/mol. The Morgan fingerprint density at radius 2 is 2.31 bits per heavy atom. The van der Waals surface area contributed by atoms with Crippen molar-refractivity contribution in [2.24, 2.45) is 5.73 Å². The lowest BCUT2D eigenvalue weighted by Gasteiger charge is -2.16. The van der Waals surface area contributed by atoms with Crippen molar-refractivity contribution < 1.29 is 13.7 Å². The molecular weight excluding hydrogens is 190 g/mol. The third-order valence-corrected chi connectivity index (χ3v) is 4.50. The van der Waals surface area contributed by atoms with Gasteiger partial charge in [-0.3, -0.25) is 9.00 Å². The highest BCUT2D eigenvalue weighted by molar-refractivity contribution is 7.87. The van der Waals surface area contributed by atoms with Crippen LogP contribution in [-0.2, 0) is 20.3 Å². The van der Waals surface area contributed by atoms with Gasteiger partial charge in [-0.05, 0) is 20.3 Å². The van der Waals surface area contributed by atoms with Crippen LogP contribution in [0.4, 0.5) is 0 Å². The van der Waals surface area contributed by atoms with Crippen molar-refractivity contribution in [1.29, 1.82) is 0 Å². The molecule has 1 amide bonds. The van der Waals surface area contributed by atoms with Gasteiger partial charge in [0.2, 0.25) is 5.91 Å². The molecule has 0 aromatic heterocycles. The number of hydrogen-bond donors (Lipinski definition) is 1. The van der Waals surface area contributed by atoms with Crippen LogP contribution in [0.2, 0.25) is 0 Å². The fraction of sp³-hybridized carbons (Fsp3) is 0.875. The van der Waals surface area contributed by atoms with Gasteiger partial charge >= 0.3 is 0 Å². The number of hydrogen-bond acceptors (Lipinski definition) is 3. The number of nitrogens with two attached hydrogens (primary N) is 1. The van der Waals surface area contributed by atoms with Crippen LogP contribution in [-0.4, -0.2) is 33.3 Å². The molecule has 1 fully saturated rings. The van der Waals surface area contributed by atoms with E-state index in [1.807, 2.05) is 6.92 Å². The first kappa shape index (κ1) is 10.7. The molecule has 0 aromatic carbocycles. The molecule has 4 nitrogen and oxygen atoms in total. The summed E-state index contributed by atoms with van der Waals surface area (Å²) >= 11 is 0. The van der Waals surface area contributed by atoms with Crippen LogP contribution < -0.4 is 5.73 Å². The molecule has 0 radical (unpaired) electrons. The zero-order valence-corrected chi connectivity index (χ0v) is 8.67. The second kappa shape index (κ2) is 4.19. The normalized spacial score (nSPS) is 32.8. The van der Waals surface area contributed by atoms with Gasteiger partial charge in [0.15, 0.2) is 0 Å². The summed E-state index contributed by atoms with van der Waals surface area (Å²) < 4.78 is 17.0. The van der Waals surface area contributed by atoms with Crippen LogP contribution in [0.5, 0.6) is 0 Å². The molecule has 13 heavy (non-hydrogen) atoms. The van der Waals surface area contributed by atoms with Gasteiger partial charge in [0, 0.05) is 17.4 Å². The van der Waals surface area contributed by atoms with E-state index in [-0.39, 0.29) is 11.4 Å². The van der Waals surface area contributed by atoms with E-state index in [0.29, 0.717) is 6.61 Å². The fourth-order valence-electron chi connectivity index (χ4n) is 1.39. The van der Waals surface area contributed by atoms with Gasteiger partial charge in [0.25, 0.3) is 0 Å².